The van der Waals surface area contributed by atoms with Crippen LogP contribution in [0.3, 0.4) is 0 Å². The smallest absolute Gasteiger partial charge is 0.243 e. The molecule has 1 aromatic heterocycles. The van der Waals surface area contributed by atoms with E-state index in [1.54, 1.807) is 29.2 Å². The number of thioether (sulfide) groups is 1. The summed E-state index contributed by atoms with van der Waals surface area (Å²) in [5.41, 5.74) is 1.99. The number of nitrogens with zero attached hydrogens (tertiary/aromatic N) is 1. The first-order chi connectivity index (χ1) is 12.2. The Morgan fingerprint density at radius 3 is 2.68 bits per heavy atom. The predicted octanol–water partition coefficient (Wildman–Crippen LogP) is 2.95. The van der Waals surface area contributed by atoms with E-state index in [0.29, 0.717) is 12.3 Å². The average Bonchev–Trinajstić information content (AvgIpc) is 3.17. The summed E-state index contributed by atoms with van der Waals surface area (Å²) in [4.78, 5) is 27.3. The van der Waals surface area contributed by atoms with E-state index in [0.717, 1.165) is 24.0 Å². The molecule has 1 aliphatic heterocycles. The van der Waals surface area contributed by atoms with Gasteiger partial charge >= 0.3 is 0 Å². The Labute approximate surface area is 150 Å². The molecule has 4 rings (SSSR count). The Kier molecular flexibility index (Phi) is 4.53. The molecule has 0 bridgehead atoms. The van der Waals surface area contributed by atoms with Crippen molar-refractivity contribution >= 4 is 23.6 Å². The Morgan fingerprint density at radius 2 is 2.00 bits per heavy atom. The van der Waals surface area contributed by atoms with E-state index in [1.165, 1.54) is 0 Å². The van der Waals surface area contributed by atoms with Crippen molar-refractivity contribution in [1.82, 2.24) is 10.2 Å². The van der Waals surface area contributed by atoms with Gasteiger partial charge in [-0.25, -0.2) is 0 Å². The summed E-state index contributed by atoms with van der Waals surface area (Å²) in [6, 6.07) is 11.2. The van der Waals surface area contributed by atoms with Gasteiger partial charge in [0.05, 0.1) is 12.5 Å². The molecule has 1 aromatic carbocycles. The van der Waals surface area contributed by atoms with Crippen molar-refractivity contribution in [2.45, 2.75) is 30.8 Å². The molecule has 0 spiro atoms. The van der Waals surface area contributed by atoms with Crippen LogP contribution in [0.5, 0.6) is 0 Å². The summed E-state index contributed by atoms with van der Waals surface area (Å²) < 4.78 is 5.18. The van der Waals surface area contributed by atoms with Crippen molar-refractivity contribution in [3.05, 3.63) is 60.1 Å². The third-order valence-electron chi connectivity index (χ3n) is 4.62. The molecule has 2 amide bonds. The van der Waals surface area contributed by atoms with Crippen LogP contribution >= 0.6 is 11.8 Å². The number of hydrogen-bond donors (Lipinski definition) is 1. The number of furan rings is 1. The molecule has 0 radical (unpaired) electrons. The zero-order chi connectivity index (χ0) is 17.2. The van der Waals surface area contributed by atoms with Gasteiger partial charge < -0.3 is 14.6 Å². The normalized spacial score (nSPS) is 22.8. The van der Waals surface area contributed by atoms with Gasteiger partial charge in [-0.15, -0.1) is 11.8 Å². The molecule has 5 nitrogen and oxygen atoms in total. The van der Waals surface area contributed by atoms with E-state index < -0.39 is 6.04 Å². The number of carbonyl (C=O) groups is 2. The van der Waals surface area contributed by atoms with E-state index in [-0.39, 0.29) is 23.1 Å². The Morgan fingerprint density at radius 1 is 1.20 bits per heavy atom. The molecule has 25 heavy (non-hydrogen) atoms. The molecule has 1 saturated carbocycles. The lowest BCUT2D eigenvalue weighted by molar-refractivity contribution is -0.140. The first-order valence-corrected chi connectivity index (χ1v) is 9.56. The van der Waals surface area contributed by atoms with E-state index in [9.17, 15) is 9.59 Å². The van der Waals surface area contributed by atoms with Crippen LogP contribution in [0.4, 0.5) is 0 Å². The van der Waals surface area contributed by atoms with Gasteiger partial charge in [0.1, 0.15) is 11.4 Å². The SMILES string of the molecule is O=C(NCc1ccccc1)C1CSC(c2ccoc2)N1C(=O)C1CC1. The topological polar surface area (TPSA) is 62.6 Å². The minimum Gasteiger partial charge on any atom is -0.472 e. The van der Waals surface area contributed by atoms with Crippen LogP contribution in [-0.2, 0) is 16.1 Å². The van der Waals surface area contributed by atoms with Gasteiger partial charge in [-0.3, -0.25) is 9.59 Å². The summed E-state index contributed by atoms with van der Waals surface area (Å²) in [6.45, 7) is 0.475. The van der Waals surface area contributed by atoms with Crippen LogP contribution in [0.15, 0.2) is 53.3 Å². The minimum atomic E-state index is -0.429. The van der Waals surface area contributed by atoms with Crippen molar-refractivity contribution in [1.29, 1.82) is 0 Å². The third-order valence-corrected chi connectivity index (χ3v) is 5.95. The number of hydrogen-bond acceptors (Lipinski definition) is 4. The van der Waals surface area contributed by atoms with Crippen LogP contribution in [0.2, 0.25) is 0 Å². The largest absolute Gasteiger partial charge is 0.472 e. The Bertz CT molecular complexity index is 743. The van der Waals surface area contributed by atoms with Crippen LogP contribution in [0, 0.1) is 5.92 Å². The molecule has 2 aromatic rings. The van der Waals surface area contributed by atoms with Crippen LogP contribution in [-0.4, -0.2) is 28.5 Å². The van der Waals surface area contributed by atoms with E-state index in [1.807, 2.05) is 36.4 Å². The highest BCUT2D eigenvalue weighted by Gasteiger charge is 2.46. The van der Waals surface area contributed by atoms with Gasteiger partial charge in [0, 0.05) is 23.8 Å². The second-order valence-corrected chi connectivity index (χ2v) is 7.59. The maximum atomic E-state index is 12.8. The van der Waals surface area contributed by atoms with Gasteiger partial charge in [0.15, 0.2) is 0 Å². The summed E-state index contributed by atoms with van der Waals surface area (Å²) in [5.74, 6) is 0.694. The maximum Gasteiger partial charge on any atom is 0.243 e. The number of nitrogens with one attached hydrogen (secondary N) is 1. The molecule has 2 aliphatic rings. The molecule has 2 atom stereocenters. The lowest BCUT2D eigenvalue weighted by Gasteiger charge is -2.28. The van der Waals surface area contributed by atoms with Gasteiger partial charge in [0.2, 0.25) is 11.8 Å². The second-order valence-electron chi connectivity index (χ2n) is 6.48. The van der Waals surface area contributed by atoms with Crippen molar-refractivity contribution in [3.8, 4) is 0 Å². The van der Waals surface area contributed by atoms with Crippen molar-refractivity contribution in [3.63, 3.8) is 0 Å². The van der Waals surface area contributed by atoms with E-state index in [2.05, 4.69) is 5.32 Å². The highest BCUT2D eigenvalue weighted by atomic mass is 32.2. The number of rotatable bonds is 5. The Balaban J connectivity index is 1.49. The fraction of sp³-hybridized carbons (Fsp3) is 0.368. The van der Waals surface area contributed by atoms with Crippen LogP contribution < -0.4 is 5.32 Å². The molecule has 1 saturated heterocycles. The lowest BCUT2D eigenvalue weighted by atomic mass is 10.1. The van der Waals surface area contributed by atoms with Gasteiger partial charge in [-0.1, -0.05) is 30.3 Å². The maximum absolute atomic E-state index is 12.8. The predicted molar refractivity (Wildman–Crippen MR) is 95.6 cm³/mol. The average molecular weight is 356 g/mol. The highest BCUT2D eigenvalue weighted by molar-refractivity contribution is 7.99. The van der Waals surface area contributed by atoms with E-state index >= 15 is 0 Å². The van der Waals surface area contributed by atoms with Crippen molar-refractivity contribution in [2.24, 2.45) is 5.92 Å². The van der Waals surface area contributed by atoms with Crippen molar-refractivity contribution in [2.75, 3.05) is 5.75 Å². The molecule has 2 heterocycles. The molecule has 1 aliphatic carbocycles. The fourth-order valence-electron chi connectivity index (χ4n) is 3.09. The number of amides is 2. The summed E-state index contributed by atoms with van der Waals surface area (Å²) >= 11 is 1.62. The highest BCUT2D eigenvalue weighted by Crippen LogP contribution is 2.45. The summed E-state index contributed by atoms with van der Waals surface area (Å²) in [5, 5.41) is 2.84. The number of benzene rings is 1. The minimum absolute atomic E-state index is 0.0810. The van der Waals surface area contributed by atoms with Crippen LogP contribution in [0.1, 0.15) is 29.3 Å². The first kappa shape index (κ1) is 16.3. The van der Waals surface area contributed by atoms with Crippen molar-refractivity contribution < 1.29 is 14.0 Å². The molecule has 130 valence electrons. The molecule has 2 unspecified atom stereocenters. The molecular formula is C19H20N2O3S. The zero-order valence-corrected chi connectivity index (χ0v) is 14.6. The number of carbonyl (C=O) groups excluding carboxylic acids is 2. The lowest BCUT2D eigenvalue weighted by Crippen LogP contribution is -2.48. The first-order valence-electron chi connectivity index (χ1n) is 8.51. The van der Waals surface area contributed by atoms with Crippen LogP contribution in [0.25, 0.3) is 0 Å². The summed E-state index contributed by atoms with van der Waals surface area (Å²) in [7, 11) is 0. The standard InChI is InChI=1S/C19H20N2O3S/c22-17(20-10-13-4-2-1-3-5-13)16-12-25-19(15-8-9-24-11-15)21(16)18(23)14-6-7-14/h1-5,8-9,11,14,16,19H,6-7,10,12H2,(H,20,22). The molecular weight excluding hydrogens is 336 g/mol. The van der Waals surface area contributed by atoms with Gasteiger partial charge in [-0.05, 0) is 24.5 Å². The monoisotopic (exact) mass is 356 g/mol. The molecule has 1 N–H and O–H groups in total. The zero-order valence-electron chi connectivity index (χ0n) is 13.8. The molecule has 6 heteroatoms. The quantitative estimate of drug-likeness (QED) is 0.895. The van der Waals surface area contributed by atoms with E-state index in [4.69, 9.17) is 4.42 Å². The molecule has 2 fully saturated rings. The summed E-state index contributed by atoms with van der Waals surface area (Å²) in [6.07, 6.45) is 5.13. The third kappa shape index (κ3) is 3.44. The van der Waals surface area contributed by atoms with Gasteiger partial charge in [-0.2, -0.15) is 0 Å². The Hall–Kier alpha value is -2.21. The fourth-order valence-corrected chi connectivity index (χ4v) is 4.51. The second kappa shape index (κ2) is 6.96. The van der Waals surface area contributed by atoms with Gasteiger partial charge in [0.25, 0.3) is 0 Å².